The van der Waals surface area contributed by atoms with E-state index in [9.17, 15) is 4.79 Å². The molecule has 5 heteroatoms. The third kappa shape index (κ3) is 2.99. The van der Waals surface area contributed by atoms with E-state index < -0.39 is 5.91 Å². The Balaban J connectivity index is 2.07. The van der Waals surface area contributed by atoms with Crippen LogP contribution in [-0.4, -0.2) is 24.9 Å². The zero-order valence-corrected chi connectivity index (χ0v) is 6.17. The molecule has 0 atom stereocenters. The van der Waals surface area contributed by atoms with Crippen LogP contribution in [0.5, 0.6) is 0 Å². The number of primary amides is 1. The van der Waals surface area contributed by atoms with Crippen molar-refractivity contribution >= 4 is 11.7 Å². The molecular weight excluding hydrogens is 146 g/mol. The topological polar surface area (TPSA) is 76.7 Å². The lowest BCUT2D eigenvalue weighted by molar-refractivity contribution is -0.123. The average Bonchev–Trinajstić information content (AvgIpc) is 2.39. The second kappa shape index (κ2) is 3.92. The number of carbonyl (C=O) groups is 1. The molecule has 0 aromatic rings. The molecule has 1 aliphatic rings. The second-order valence-corrected chi connectivity index (χ2v) is 2.29. The first-order valence-electron chi connectivity index (χ1n) is 3.48. The molecule has 11 heavy (non-hydrogen) atoms. The van der Waals surface area contributed by atoms with Gasteiger partial charge in [-0.3, -0.25) is 20.1 Å². The fourth-order valence-corrected chi connectivity index (χ4v) is 0.813. The van der Waals surface area contributed by atoms with Crippen molar-refractivity contribution in [1.82, 2.24) is 5.48 Å². The van der Waals surface area contributed by atoms with Crippen molar-refractivity contribution in [3.63, 3.8) is 0 Å². The monoisotopic (exact) mass is 157 g/mol. The number of rotatable bonds is 3. The normalized spacial score (nSPS) is 16.2. The van der Waals surface area contributed by atoms with E-state index in [1.807, 2.05) is 0 Å². The van der Waals surface area contributed by atoms with Crippen molar-refractivity contribution in [2.75, 3.05) is 13.2 Å². The SMILES string of the molecule is NC(=O)CONC1=NCCC1. The zero-order chi connectivity index (χ0) is 8.10. The fraction of sp³-hybridized carbons (Fsp3) is 0.667. The molecule has 3 N–H and O–H groups in total. The molecule has 0 aliphatic carbocycles. The van der Waals surface area contributed by atoms with E-state index in [1.54, 1.807) is 0 Å². The van der Waals surface area contributed by atoms with Crippen LogP contribution in [0.2, 0.25) is 0 Å². The van der Waals surface area contributed by atoms with Crippen molar-refractivity contribution in [3.05, 3.63) is 0 Å². The van der Waals surface area contributed by atoms with Crippen LogP contribution < -0.4 is 11.2 Å². The number of amidine groups is 1. The molecule has 1 aliphatic heterocycles. The molecule has 0 saturated carbocycles. The maximum absolute atomic E-state index is 10.2. The molecule has 1 amide bonds. The van der Waals surface area contributed by atoms with Crippen molar-refractivity contribution in [3.8, 4) is 0 Å². The van der Waals surface area contributed by atoms with Crippen LogP contribution >= 0.6 is 0 Å². The predicted octanol–water partition coefficient (Wildman–Crippen LogP) is -0.815. The predicted molar refractivity (Wildman–Crippen MR) is 39.8 cm³/mol. The minimum Gasteiger partial charge on any atom is -0.368 e. The number of carbonyl (C=O) groups excluding carboxylic acids is 1. The van der Waals surface area contributed by atoms with Gasteiger partial charge >= 0.3 is 0 Å². The number of amides is 1. The highest BCUT2D eigenvalue weighted by Crippen LogP contribution is 2.00. The van der Waals surface area contributed by atoms with Gasteiger partial charge in [0.05, 0.1) is 0 Å². The van der Waals surface area contributed by atoms with E-state index in [4.69, 9.17) is 10.6 Å². The van der Waals surface area contributed by atoms with Gasteiger partial charge in [0.15, 0.2) is 6.61 Å². The summed E-state index contributed by atoms with van der Waals surface area (Å²) in [4.78, 5) is 19.0. The van der Waals surface area contributed by atoms with Gasteiger partial charge in [0.1, 0.15) is 5.84 Å². The Morgan fingerprint density at radius 2 is 2.64 bits per heavy atom. The molecule has 5 nitrogen and oxygen atoms in total. The van der Waals surface area contributed by atoms with Crippen molar-refractivity contribution in [2.45, 2.75) is 12.8 Å². The van der Waals surface area contributed by atoms with Crippen LogP contribution in [0.3, 0.4) is 0 Å². The Morgan fingerprint density at radius 3 is 3.18 bits per heavy atom. The highest BCUT2D eigenvalue weighted by Gasteiger charge is 2.05. The fourth-order valence-electron chi connectivity index (χ4n) is 0.813. The van der Waals surface area contributed by atoms with Gasteiger partial charge < -0.3 is 5.73 Å². The van der Waals surface area contributed by atoms with E-state index in [0.29, 0.717) is 0 Å². The van der Waals surface area contributed by atoms with Gasteiger partial charge in [-0.1, -0.05) is 0 Å². The Bertz CT molecular complexity index is 179. The molecule has 0 fully saturated rings. The lowest BCUT2D eigenvalue weighted by atomic mass is 10.3. The van der Waals surface area contributed by atoms with E-state index in [2.05, 4.69) is 10.5 Å². The van der Waals surface area contributed by atoms with Gasteiger partial charge in [0.2, 0.25) is 5.91 Å². The molecule has 1 rings (SSSR count). The van der Waals surface area contributed by atoms with Crippen molar-refractivity contribution < 1.29 is 9.63 Å². The van der Waals surface area contributed by atoms with Gasteiger partial charge in [0.25, 0.3) is 0 Å². The number of hydrogen-bond donors (Lipinski definition) is 2. The third-order valence-corrected chi connectivity index (χ3v) is 1.28. The van der Waals surface area contributed by atoms with E-state index in [1.165, 1.54) is 0 Å². The largest absolute Gasteiger partial charge is 0.368 e. The van der Waals surface area contributed by atoms with Gasteiger partial charge in [-0.05, 0) is 6.42 Å². The highest BCUT2D eigenvalue weighted by atomic mass is 16.6. The lowest BCUT2D eigenvalue weighted by Gasteiger charge is -2.02. The smallest absolute Gasteiger partial charge is 0.246 e. The van der Waals surface area contributed by atoms with Gasteiger partial charge in [0, 0.05) is 13.0 Å². The van der Waals surface area contributed by atoms with Crippen molar-refractivity contribution in [1.29, 1.82) is 0 Å². The number of nitrogens with two attached hydrogens (primary N) is 1. The van der Waals surface area contributed by atoms with Crippen LogP contribution in [0.4, 0.5) is 0 Å². The summed E-state index contributed by atoms with van der Waals surface area (Å²) >= 11 is 0. The van der Waals surface area contributed by atoms with E-state index >= 15 is 0 Å². The molecule has 0 unspecified atom stereocenters. The first-order valence-corrected chi connectivity index (χ1v) is 3.48. The van der Waals surface area contributed by atoms with E-state index in [-0.39, 0.29) is 6.61 Å². The summed E-state index contributed by atoms with van der Waals surface area (Å²) in [5.41, 5.74) is 7.40. The molecule has 0 saturated heterocycles. The summed E-state index contributed by atoms with van der Waals surface area (Å²) in [5.74, 6) is 0.308. The molecule has 0 spiro atoms. The first kappa shape index (κ1) is 8.00. The van der Waals surface area contributed by atoms with Gasteiger partial charge in [-0.2, -0.15) is 0 Å². The Hall–Kier alpha value is -1.10. The number of hydroxylamine groups is 1. The molecule has 1 heterocycles. The van der Waals surface area contributed by atoms with Crippen LogP contribution in [0.1, 0.15) is 12.8 Å². The van der Waals surface area contributed by atoms with Crippen LogP contribution in [-0.2, 0) is 9.63 Å². The summed E-state index contributed by atoms with van der Waals surface area (Å²) in [6.45, 7) is 0.723. The molecule has 0 bridgehead atoms. The Labute approximate surface area is 64.6 Å². The molecule has 0 aromatic carbocycles. The average molecular weight is 157 g/mol. The number of nitrogens with zero attached hydrogens (tertiary/aromatic N) is 1. The van der Waals surface area contributed by atoms with E-state index in [0.717, 1.165) is 25.2 Å². The van der Waals surface area contributed by atoms with Crippen LogP contribution in [0.25, 0.3) is 0 Å². The molecular formula is C6H11N3O2. The summed E-state index contributed by atoms with van der Waals surface area (Å²) < 4.78 is 0. The molecule has 0 radical (unpaired) electrons. The summed E-state index contributed by atoms with van der Waals surface area (Å²) in [7, 11) is 0. The number of hydrogen-bond acceptors (Lipinski definition) is 4. The van der Waals surface area contributed by atoms with Gasteiger partial charge in [-0.25, -0.2) is 0 Å². The standard InChI is InChI=1S/C6H11N3O2/c7-5(10)4-11-9-6-2-1-3-8-6/h1-4H2,(H2,7,10)(H,8,9). The Kier molecular flexibility index (Phi) is 2.85. The summed E-state index contributed by atoms with van der Waals surface area (Å²) in [6.07, 6.45) is 1.93. The molecule has 62 valence electrons. The zero-order valence-electron chi connectivity index (χ0n) is 6.17. The minimum atomic E-state index is -0.490. The number of aliphatic imine (C=N–C) groups is 1. The summed E-state index contributed by atoms with van der Waals surface area (Å²) in [5, 5.41) is 0. The third-order valence-electron chi connectivity index (χ3n) is 1.28. The van der Waals surface area contributed by atoms with Crippen molar-refractivity contribution in [2.24, 2.45) is 10.7 Å². The first-order chi connectivity index (χ1) is 5.29. The molecule has 0 aromatic heterocycles. The highest BCUT2D eigenvalue weighted by molar-refractivity contribution is 5.82. The minimum absolute atomic E-state index is 0.112. The number of nitrogens with one attached hydrogen (secondary N) is 1. The summed E-state index contributed by atoms with van der Waals surface area (Å²) in [6, 6.07) is 0. The maximum atomic E-state index is 10.2. The Morgan fingerprint density at radius 1 is 1.82 bits per heavy atom. The van der Waals surface area contributed by atoms with Gasteiger partial charge in [-0.15, -0.1) is 0 Å². The van der Waals surface area contributed by atoms with Crippen LogP contribution in [0, 0.1) is 0 Å². The quantitative estimate of drug-likeness (QED) is 0.526. The lowest BCUT2D eigenvalue weighted by Crippen LogP contribution is -2.28. The van der Waals surface area contributed by atoms with Crippen LogP contribution in [0.15, 0.2) is 4.99 Å². The second-order valence-electron chi connectivity index (χ2n) is 2.29. The maximum Gasteiger partial charge on any atom is 0.246 e.